The minimum atomic E-state index is -0.328. The van der Waals surface area contributed by atoms with Crippen LogP contribution < -0.4 is 10.1 Å². The Hall–Kier alpha value is -1.55. The zero-order valence-electron chi connectivity index (χ0n) is 11.0. The third-order valence-electron chi connectivity index (χ3n) is 2.79. The van der Waals surface area contributed by atoms with Crippen LogP contribution in [0.4, 0.5) is 0 Å². The van der Waals surface area contributed by atoms with Crippen LogP contribution in [0.3, 0.4) is 0 Å². The fourth-order valence-corrected chi connectivity index (χ4v) is 1.57. The predicted octanol–water partition coefficient (Wildman–Crippen LogP) is 1.51. The van der Waals surface area contributed by atoms with Gasteiger partial charge in [-0.05, 0) is 30.5 Å². The molecule has 0 aliphatic rings. The van der Waals surface area contributed by atoms with Gasteiger partial charge in [0.05, 0.1) is 19.6 Å². The number of carbonyl (C=O) groups excluding carboxylic acids is 1. The quantitative estimate of drug-likeness (QED) is 0.772. The molecule has 1 atom stereocenters. The molecule has 2 N–H and O–H groups in total. The number of amides is 1. The lowest BCUT2D eigenvalue weighted by molar-refractivity contribution is -0.120. The molecule has 0 aliphatic heterocycles. The van der Waals surface area contributed by atoms with E-state index in [9.17, 15) is 9.90 Å². The van der Waals surface area contributed by atoms with E-state index in [1.54, 1.807) is 7.11 Å². The van der Waals surface area contributed by atoms with E-state index in [0.717, 1.165) is 11.3 Å². The molecule has 18 heavy (non-hydrogen) atoms. The number of nitrogens with one attached hydrogen (secondary N) is 1. The summed E-state index contributed by atoms with van der Waals surface area (Å²) in [6, 6.07) is 7.42. The fourth-order valence-electron chi connectivity index (χ4n) is 1.57. The van der Waals surface area contributed by atoms with Gasteiger partial charge in [-0.25, -0.2) is 0 Å². The summed E-state index contributed by atoms with van der Waals surface area (Å²) in [6.07, 6.45) is 1.34. The van der Waals surface area contributed by atoms with E-state index < -0.39 is 0 Å². The van der Waals surface area contributed by atoms with Crippen molar-refractivity contribution in [2.45, 2.75) is 32.3 Å². The number of hydrogen-bond donors (Lipinski definition) is 2. The Labute approximate surface area is 108 Å². The Bertz CT molecular complexity index is 362. The highest BCUT2D eigenvalue weighted by Crippen LogP contribution is 2.11. The van der Waals surface area contributed by atoms with Crippen LogP contribution in [0.5, 0.6) is 5.75 Å². The number of benzene rings is 1. The molecule has 0 fully saturated rings. The monoisotopic (exact) mass is 251 g/mol. The van der Waals surface area contributed by atoms with Gasteiger partial charge in [0.2, 0.25) is 5.91 Å². The van der Waals surface area contributed by atoms with Crippen molar-refractivity contribution in [1.82, 2.24) is 5.32 Å². The molecule has 0 radical (unpaired) electrons. The highest BCUT2D eigenvalue weighted by Gasteiger charge is 2.05. The second-order valence-corrected chi connectivity index (χ2v) is 4.23. The first-order valence-corrected chi connectivity index (χ1v) is 6.23. The molecule has 0 spiro atoms. The second kappa shape index (κ2) is 7.71. The molecule has 4 nitrogen and oxygen atoms in total. The van der Waals surface area contributed by atoms with Gasteiger partial charge in [0.15, 0.2) is 0 Å². The maximum absolute atomic E-state index is 11.6. The maximum atomic E-state index is 11.6. The van der Waals surface area contributed by atoms with Crippen molar-refractivity contribution >= 4 is 5.91 Å². The van der Waals surface area contributed by atoms with Crippen LogP contribution in [0.2, 0.25) is 0 Å². The first-order valence-electron chi connectivity index (χ1n) is 6.23. The Kier molecular flexibility index (Phi) is 6.22. The van der Waals surface area contributed by atoms with E-state index in [0.29, 0.717) is 25.8 Å². The standard InChI is InChI=1S/C14H21NO3/c1-3-12(16)8-9-15-14(17)10-11-4-6-13(18-2)7-5-11/h4-7,12,16H,3,8-10H2,1-2H3,(H,15,17). The molecule has 1 aromatic carbocycles. The number of carbonyl (C=O) groups is 1. The molecule has 1 amide bonds. The van der Waals surface area contributed by atoms with Crippen LogP contribution in [0.25, 0.3) is 0 Å². The normalized spacial score (nSPS) is 11.9. The summed E-state index contributed by atoms with van der Waals surface area (Å²) in [6.45, 7) is 2.44. The summed E-state index contributed by atoms with van der Waals surface area (Å²) in [5.74, 6) is 0.758. The summed E-state index contributed by atoms with van der Waals surface area (Å²) in [7, 11) is 1.61. The molecule has 0 aliphatic carbocycles. The molecule has 0 aromatic heterocycles. The largest absolute Gasteiger partial charge is 0.497 e. The van der Waals surface area contributed by atoms with Crippen molar-refractivity contribution in [1.29, 1.82) is 0 Å². The lowest BCUT2D eigenvalue weighted by Crippen LogP contribution is -2.28. The van der Waals surface area contributed by atoms with E-state index >= 15 is 0 Å². The summed E-state index contributed by atoms with van der Waals surface area (Å²) in [4.78, 5) is 11.6. The average Bonchev–Trinajstić information content (AvgIpc) is 2.39. The van der Waals surface area contributed by atoms with Gasteiger partial charge in [-0.15, -0.1) is 0 Å². The SMILES string of the molecule is CCC(O)CCNC(=O)Cc1ccc(OC)cc1. The van der Waals surface area contributed by atoms with Gasteiger partial charge in [-0.1, -0.05) is 19.1 Å². The summed E-state index contributed by atoms with van der Waals surface area (Å²) < 4.78 is 5.05. The summed E-state index contributed by atoms with van der Waals surface area (Å²) >= 11 is 0. The number of aliphatic hydroxyl groups excluding tert-OH is 1. The molecule has 4 heteroatoms. The van der Waals surface area contributed by atoms with Gasteiger partial charge in [-0.3, -0.25) is 4.79 Å². The molecule has 0 saturated carbocycles. The van der Waals surface area contributed by atoms with Crippen molar-refractivity contribution in [3.63, 3.8) is 0 Å². The zero-order chi connectivity index (χ0) is 13.4. The molecule has 1 rings (SSSR count). The lowest BCUT2D eigenvalue weighted by atomic mass is 10.1. The van der Waals surface area contributed by atoms with Crippen molar-refractivity contribution in [2.75, 3.05) is 13.7 Å². The fraction of sp³-hybridized carbons (Fsp3) is 0.500. The van der Waals surface area contributed by atoms with Gasteiger partial charge in [-0.2, -0.15) is 0 Å². The van der Waals surface area contributed by atoms with Gasteiger partial charge < -0.3 is 15.2 Å². The molecule has 0 bridgehead atoms. The van der Waals surface area contributed by atoms with Crippen LogP contribution in [0, 0.1) is 0 Å². The van der Waals surface area contributed by atoms with Gasteiger partial charge in [0.1, 0.15) is 5.75 Å². The van der Waals surface area contributed by atoms with E-state index in [1.165, 1.54) is 0 Å². The van der Waals surface area contributed by atoms with Gasteiger partial charge >= 0.3 is 0 Å². The zero-order valence-corrected chi connectivity index (χ0v) is 11.0. The van der Waals surface area contributed by atoms with Crippen LogP contribution >= 0.6 is 0 Å². The van der Waals surface area contributed by atoms with Crippen molar-refractivity contribution in [2.24, 2.45) is 0 Å². The smallest absolute Gasteiger partial charge is 0.224 e. The molecule has 0 saturated heterocycles. The Balaban J connectivity index is 2.30. The lowest BCUT2D eigenvalue weighted by Gasteiger charge is -2.09. The first kappa shape index (κ1) is 14.5. The highest BCUT2D eigenvalue weighted by atomic mass is 16.5. The number of rotatable bonds is 7. The van der Waals surface area contributed by atoms with Crippen LogP contribution in [-0.2, 0) is 11.2 Å². The second-order valence-electron chi connectivity index (χ2n) is 4.23. The molecule has 1 unspecified atom stereocenters. The Morgan fingerprint density at radius 1 is 1.39 bits per heavy atom. The van der Waals surface area contributed by atoms with E-state index in [4.69, 9.17) is 4.74 Å². The average molecular weight is 251 g/mol. The van der Waals surface area contributed by atoms with E-state index in [1.807, 2.05) is 31.2 Å². The number of hydrogen-bond acceptors (Lipinski definition) is 3. The van der Waals surface area contributed by atoms with Crippen LogP contribution in [-0.4, -0.2) is 30.8 Å². The summed E-state index contributed by atoms with van der Waals surface area (Å²) in [5, 5.41) is 12.1. The predicted molar refractivity (Wildman–Crippen MR) is 70.6 cm³/mol. The van der Waals surface area contributed by atoms with Crippen LogP contribution in [0.1, 0.15) is 25.3 Å². The number of methoxy groups -OCH3 is 1. The van der Waals surface area contributed by atoms with E-state index in [2.05, 4.69) is 5.32 Å². The molecule has 100 valence electrons. The van der Waals surface area contributed by atoms with Crippen molar-refractivity contribution in [3.8, 4) is 5.75 Å². The third-order valence-corrected chi connectivity index (χ3v) is 2.79. The minimum absolute atomic E-state index is 0.0246. The topological polar surface area (TPSA) is 58.6 Å². The minimum Gasteiger partial charge on any atom is -0.497 e. The molecular formula is C14H21NO3. The maximum Gasteiger partial charge on any atom is 0.224 e. The third kappa shape index (κ3) is 5.19. The number of ether oxygens (including phenoxy) is 1. The van der Waals surface area contributed by atoms with Crippen molar-refractivity contribution < 1.29 is 14.6 Å². The summed E-state index contributed by atoms with van der Waals surface area (Å²) in [5.41, 5.74) is 0.948. The highest BCUT2D eigenvalue weighted by molar-refractivity contribution is 5.78. The molecule has 0 heterocycles. The van der Waals surface area contributed by atoms with Crippen molar-refractivity contribution in [3.05, 3.63) is 29.8 Å². The van der Waals surface area contributed by atoms with Gasteiger partial charge in [0.25, 0.3) is 0 Å². The van der Waals surface area contributed by atoms with E-state index in [-0.39, 0.29) is 12.0 Å². The number of aliphatic hydroxyl groups is 1. The first-order chi connectivity index (χ1) is 8.65. The van der Waals surface area contributed by atoms with Crippen LogP contribution in [0.15, 0.2) is 24.3 Å². The Morgan fingerprint density at radius 2 is 2.06 bits per heavy atom. The molecular weight excluding hydrogens is 230 g/mol. The van der Waals surface area contributed by atoms with Gasteiger partial charge in [0, 0.05) is 6.54 Å². The molecule has 1 aromatic rings. The Morgan fingerprint density at radius 3 is 2.61 bits per heavy atom.